The molecular formula is C16H12F2N2O. The Balaban J connectivity index is 2.43. The molecule has 2 aromatic carbocycles. The number of nitriles is 1. The molecule has 0 saturated heterocycles. The molecule has 21 heavy (non-hydrogen) atoms. The van der Waals surface area contributed by atoms with Crippen molar-refractivity contribution >= 4 is 5.69 Å². The Hall–Kier alpha value is -2.87. The van der Waals surface area contributed by atoms with Crippen molar-refractivity contribution in [3.05, 3.63) is 65.7 Å². The van der Waals surface area contributed by atoms with Gasteiger partial charge in [0.2, 0.25) is 0 Å². The first kappa shape index (κ1) is 14.5. The highest BCUT2D eigenvalue weighted by molar-refractivity contribution is 5.50. The van der Waals surface area contributed by atoms with Crippen molar-refractivity contribution in [3.63, 3.8) is 0 Å². The van der Waals surface area contributed by atoms with Crippen molar-refractivity contribution in [2.75, 3.05) is 5.73 Å². The molecule has 0 spiro atoms. The second-order valence-corrected chi connectivity index (χ2v) is 4.34. The van der Waals surface area contributed by atoms with E-state index in [9.17, 15) is 8.78 Å². The Labute approximate surface area is 120 Å². The molecule has 2 aromatic rings. The molecule has 2 N–H and O–H groups in total. The van der Waals surface area contributed by atoms with Crippen molar-refractivity contribution in [1.82, 2.24) is 0 Å². The monoisotopic (exact) mass is 286 g/mol. The molecule has 3 nitrogen and oxygen atoms in total. The molecule has 0 aromatic heterocycles. The number of hydrogen-bond donors (Lipinski definition) is 1. The second-order valence-electron chi connectivity index (χ2n) is 4.34. The maximum atomic E-state index is 13.8. The van der Waals surface area contributed by atoms with Crippen molar-refractivity contribution in [1.29, 1.82) is 5.26 Å². The highest BCUT2D eigenvalue weighted by Gasteiger charge is 2.15. The van der Waals surface area contributed by atoms with Crippen molar-refractivity contribution < 1.29 is 13.5 Å². The molecule has 0 aliphatic rings. The number of nitrogen functional groups attached to an aromatic ring is 1. The fourth-order valence-corrected chi connectivity index (χ4v) is 1.85. The van der Waals surface area contributed by atoms with Crippen molar-refractivity contribution in [2.24, 2.45) is 0 Å². The van der Waals surface area contributed by atoms with E-state index in [1.165, 1.54) is 6.07 Å². The normalized spacial score (nSPS) is 9.95. The van der Waals surface area contributed by atoms with Crippen molar-refractivity contribution in [2.45, 2.75) is 6.42 Å². The number of allylic oxidation sites excluding steroid dienone is 1. The molecule has 0 bridgehead atoms. The van der Waals surface area contributed by atoms with E-state index < -0.39 is 17.4 Å². The van der Waals surface area contributed by atoms with Crippen LogP contribution in [0.4, 0.5) is 14.5 Å². The first-order valence-electron chi connectivity index (χ1n) is 6.11. The Morgan fingerprint density at radius 2 is 1.90 bits per heavy atom. The van der Waals surface area contributed by atoms with Crippen LogP contribution in [0.1, 0.15) is 11.1 Å². The average Bonchev–Trinajstić information content (AvgIpc) is 2.45. The Kier molecular flexibility index (Phi) is 4.19. The van der Waals surface area contributed by atoms with Gasteiger partial charge in [-0.25, -0.2) is 8.78 Å². The number of nitrogens with two attached hydrogens (primary N) is 1. The summed E-state index contributed by atoms with van der Waals surface area (Å²) in [7, 11) is 0. The van der Waals surface area contributed by atoms with Gasteiger partial charge < -0.3 is 10.5 Å². The number of benzene rings is 2. The summed E-state index contributed by atoms with van der Waals surface area (Å²) in [5, 5.41) is 8.66. The molecule has 0 aliphatic heterocycles. The lowest BCUT2D eigenvalue weighted by molar-refractivity contribution is 0.404. The fourth-order valence-electron chi connectivity index (χ4n) is 1.85. The van der Waals surface area contributed by atoms with E-state index in [2.05, 4.69) is 6.58 Å². The van der Waals surface area contributed by atoms with E-state index in [0.717, 1.165) is 12.1 Å². The SMILES string of the molecule is C=CCc1cc(N)ccc1Oc1c(F)cc(C#N)cc1F. The standard InChI is InChI=1S/C16H12F2N2O/c1-2-3-11-8-12(20)4-5-15(11)21-16-13(17)6-10(9-19)7-14(16)18/h2,4-8H,1,3,20H2. The van der Waals surface area contributed by atoms with Gasteiger partial charge in [0.1, 0.15) is 5.75 Å². The third kappa shape index (κ3) is 3.18. The highest BCUT2D eigenvalue weighted by Crippen LogP contribution is 2.32. The molecule has 0 saturated carbocycles. The largest absolute Gasteiger partial charge is 0.451 e. The van der Waals surface area contributed by atoms with Crippen LogP contribution in [0.5, 0.6) is 11.5 Å². The van der Waals surface area contributed by atoms with E-state index in [0.29, 0.717) is 17.7 Å². The van der Waals surface area contributed by atoms with Crippen LogP contribution in [0, 0.1) is 23.0 Å². The topological polar surface area (TPSA) is 59.0 Å². The van der Waals surface area contributed by atoms with Gasteiger partial charge in [0.25, 0.3) is 0 Å². The van der Waals surface area contributed by atoms with E-state index >= 15 is 0 Å². The van der Waals surface area contributed by atoms with Crippen LogP contribution in [0.3, 0.4) is 0 Å². The lowest BCUT2D eigenvalue weighted by Crippen LogP contribution is -1.98. The maximum Gasteiger partial charge on any atom is 0.198 e. The maximum absolute atomic E-state index is 13.8. The zero-order valence-corrected chi connectivity index (χ0v) is 11.1. The first-order valence-corrected chi connectivity index (χ1v) is 6.11. The fraction of sp³-hybridized carbons (Fsp3) is 0.0625. The van der Waals surface area contributed by atoms with Gasteiger partial charge in [0.05, 0.1) is 11.6 Å². The summed E-state index contributed by atoms with van der Waals surface area (Å²) in [5.74, 6) is -2.14. The number of halogens is 2. The summed E-state index contributed by atoms with van der Waals surface area (Å²) in [6.07, 6.45) is 2.08. The van der Waals surface area contributed by atoms with Gasteiger partial charge in [-0.15, -0.1) is 6.58 Å². The second kappa shape index (κ2) is 6.06. The van der Waals surface area contributed by atoms with Gasteiger partial charge in [-0.2, -0.15) is 5.26 Å². The number of anilines is 1. The van der Waals surface area contributed by atoms with Crippen LogP contribution in [0.2, 0.25) is 0 Å². The number of nitrogens with zero attached hydrogens (tertiary/aromatic N) is 1. The molecule has 0 radical (unpaired) electrons. The van der Waals surface area contributed by atoms with Crippen LogP contribution in [-0.2, 0) is 6.42 Å². The molecule has 0 aliphatic carbocycles. The number of hydrogen-bond acceptors (Lipinski definition) is 3. The van der Waals surface area contributed by atoms with Gasteiger partial charge in [0.15, 0.2) is 17.4 Å². The minimum Gasteiger partial charge on any atom is -0.451 e. The van der Waals surface area contributed by atoms with Gasteiger partial charge in [-0.1, -0.05) is 6.08 Å². The van der Waals surface area contributed by atoms with Crippen LogP contribution >= 0.6 is 0 Å². The molecule has 106 valence electrons. The van der Waals surface area contributed by atoms with Crippen molar-refractivity contribution in [3.8, 4) is 17.6 Å². The summed E-state index contributed by atoms with van der Waals surface area (Å²) >= 11 is 0. The molecule has 5 heteroatoms. The minimum absolute atomic E-state index is 0.110. The van der Waals surface area contributed by atoms with Gasteiger partial charge in [-0.3, -0.25) is 0 Å². The Morgan fingerprint density at radius 1 is 1.24 bits per heavy atom. The lowest BCUT2D eigenvalue weighted by Gasteiger charge is -2.12. The number of rotatable bonds is 4. The Bertz CT molecular complexity index is 713. The van der Waals surface area contributed by atoms with Crippen LogP contribution in [0.15, 0.2) is 43.0 Å². The van der Waals surface area contributed by atoms with E-state index in [4.69, 9.17) is 15.7 Å². The summed E-state index contributed by atoms with van der Waals surface area (Å²) in [5.41, 5.74) is 6.74. The zero-order chi connectivity index (χ0) is 15.4. The van der Waals surface area contributed by atoms with E-state index in [-0.39, 0.29) is 11.3 Å². The molecular weight excluding hydrogens is 274 g/mol. The number of ether oxygens (including phenoxy) is 1. The molecule has 0 heterocycles. The average molecular weight is 286 g/mol. The van der Waals surface area contributed by atoms with Crippen LogP contribution < -0.4 is 10.5 Å². The smallest absolute Gasteiger partial charge is 0.198 e. The Morgan fingerprint density at radius 3 is 2.48 bits per heavy atom. The molecule has 2 rings (SSSR count). The van der Waals surface area contributed by atoms with E-state index in [1.807, 2.05) is 0 Å². The lowest BCUT2D eigenvalue weighted by atomic mass is 10.1. The minimum atomic E-state index is -0.937. The van der Waals surface area contributed by atoms with Crippen LogP contribution in [0.25, 0.3) is 0 Å². The van der Waals surface area contributed by atoms with Gasteiger partial charge >= 0.3 is 0 Å². The highest BCUT2D eigenvalue weighted by atomic mass is 19.1. The van der Waals surface area contributed by atoms with Gasteiger partial charge in [-0.05, 0) is 36.8 Å². The zero-order valence-electron chi connectivity index (χ0n) is 11.1. The third-order valence-corrected chi connectivity index (χ3v) is 2.79. The molecule has 0 fully saturated rings. The quantitative estimate of drug-likeness (QED) is 0.684. The van der Waals surface area contributed by atoms with E-state index in [1.54, 1.807) is 24.3 Å². The molecule has 0 atom stereocenters. The third-order valence-electron chi connectivity index (χ3n) is 2.79. The van der Waals surface area contributed by atoms with Crippen LogP contribution in [-0.4, -0.2) is 0 Å². The predicted octanol–water partition coefficient (Wildman–Crippen LogP) is 3.94. The molecule has 0 amide bonds. The predicted molar refractivity (Wildman–Crippen MR) is 75.9 cm³/mol. The molecule has 0 unspecified atom stereocenters. The summed E-state index contributed by atoms with van der Waals surface area (Å²) in [4.78, 5) is 0. The summed E-state index contributed by atoms with van der Waals surface area (Å²) in [6.45, 7) is 3.61. The van der Waals surface area contributed by atoms with Gasteiger partial charge in [0, 0.05) is 11.3 Å². The summed E-state index contributed by atoms with van der Waals surface area (Å²) in [6, 6.07) is 8.27. The first-order chi connectivity index (χ1) is 10.0. The summed E-state index contributed by atoms with van der Waals surface area (Å²) < 4.78 is 33.0.